The number of piperidine rings is 1. The van der Waals surface area contributed by atoms with Gasteiger partial charge in [0, 0.05) is 12.6 Å². The zero-order valence-electron chi connectivity index (χ0n) is 11.4. The number of rotatable bonds is 2. The summed E-state index contributed by atoms with van der Waals surface area (Å²) in [5, 5.41) is 11.2. The molecule has 1 aliphatic rings. The van der Waals surface area contributed by atoms with Crippen molar-refractivity contribution in [3.63, 3.8) is 0 Å². The minimum absolute atomic E-state index is 0.0759. The minimum Gasteiger partial charge on any atom is -0.378 e. The van der Waals surface area contributed by atoms with Gasteiger partial charge in [-0.15, -0.1) is 0 Å². The first-order valence-corrected chi connectivity index (χ1v) is 6.43. The summed E-state index contributed by atoms with van der Waals surface area (Å²) >= 11 is 0. The fourth-order valence-corrected chi connectivity index (χ4v) is 2.76. The summed E-state index contributed by atoms with van der Waals surface area (Å²) in [6.45, 7) is 7.12. The van der Waals surface area contributed by atoms with E-state index in [1.165, 1.54) is 6.33 Å². The van der Waals surface area contributed by atoms with Crippen LogP contribution in [0.25, 0.3) is 0 Å². The van der Waals surface area contributed by atoms with Gasteiger partial charge in [-0.25, -0.2) is 9.97 Å². The molecule has 1 saturated heterocycles. The zero-order valence-corrected chi connectivity index (χ0v) is 11.4. The standard InChI is InChI=1S/C12H19N5O2/c1-7-4-8(2)9(3)16(5-7)12-10(17(18)19)11(13)14-6-15-12/h6-9H,4-5H2,1-3H3,(H2,13,14,15). The molecule has 0 aromatic carbocycles. The van der Waals surface area contributed by atoms with Crippen LogP contribution in [0.4, 0.5) is 17.3 Å². The van der Waals surface area contributed by atoms with Crippen LogP contribution in [-0.2, 0) is 0 Å². The van der Waals surface area contributed by atoms with Crippen molar-refractivity contribution >= 4 is 17.3 Å². The van der Waals surface area contributed by atoms with Crippen LogP contribution >= 0.6 is 0 Å². The lowest BCUT2D eigenvalue weighted by molar-refractivity contribution is -0.383. The summed E-state index contributed by atoms with van der Waals surface area (Å²) in [4.78, 5) is 20.5. The van der Waals surface area contributed by atoms with E-state index in [0.717, 1.165) is 13.0 Å². The van der Waals surface area contributed by atoms with Gasteiger partial charge in [0.25, 0.3) is 0 Å². The van der Waals surface area contributed by atoms with Crippen molar-refractivity contribution in [2.45, 2.75) is 33.2 Å². The first kappa shape index (κ1) is 13.5. The van der Waals surface area contributed by atoms with Crippen LogP contribution in [0.2, 0.25) is 0 Å². The maximum absolute atomic E-state index is 11.2. The van der Waals surface area contributed by atoms with Crippen molar-refractivity contribution in [3.05, 3.63) is 16.4 Å². The second kappa shape index (κ2) is 4.99. The number of nitrogen functional groups attached to an aromatic ring is 1. The third-order valence-corrected chi connectivity index (χ3v) is 3.88. The second-order valence-electron chi connectivity index (χ2n) is 5.40. The lowest BCUT2D eigenvalue weighted by Crippen LogP contribution is -2.46. The van der Waals surface area contributed by atoms with Crippen molar-refractivity contribution in [2.24, 2.45) is 11.8 Å². The molecular formula is C12H19N5O2. The van der Waals surface area contributed by atoms with Gasteiger partial charge in [-0.3, -0.25) is 10.1 Å². The molecule has 2 heterocycles. The Balaban J connectivity index is 2.46. The van der Waals surface area contributed by atoms with Gasteiger partial charge in [-0.1, -0.05) is 13.8 Å². The Hall–Kier alpha value is -1.92. The van der Waals surface area contributed by atoms with Crippen LogP contribution in [0, 0.1) is 22.0 Å². The zero-order chi connectivity index (χ0) is 14.2. The third kappa shape index (κ3) is 2.45. The molecule has 2 rings (SSSR count). The Bertz CT molecular complexity index is 493. The summed E-state index contributed by atoms with van der Waals surface area (Å²) in [6, 6.07) is 0.198. The molecule has 3 unspecified atom stereocenters. The van der Waals surface area contributed by atoms with E-state index in [-0.39, 0.29) is 17.5 Å². The highest BCUT2D eigenvalue weighted by molar-refractivity contribution is 5.68. The topological polar surface area (TPSA) is 98.2 Å². The quantitative estimate of drug-likeness (QED) is 0.647. The molecule has 0 spiro atoms. The summed E-state index contributed by atoms with van der Waals surface area (Å²) in [6.07, 6.45) is 2.40. The van der Waals surface area contributed by atoms with E-state index in [9.17, 15) is 10.1 Å². The Kier molecular flexibility index (Phi) is 3.55. The summed E-state index contributed by atoms with van der Waals surface area (Å²) in [7, 11) is 0. The van der Waals surface area contributed by atoms with E-state index in [0.29, 0.717) is 17.7 Å². The summed E-state index contributed by atoms with van der Waals surface area (Å²) in [5.41, 5.74) is 5.44. The molecule has 0 aliphatic carbocycles. The summed E-state index contributed by atoms with van der Waals surface area (Å²) < 4.78 is 0. The lowest BCUT2D eigenvalue weighted by Gasteiger charge is -2.41. The van der Waals surface area contributed by atoms with Crippen LogP contribution < -0.4 is 10.6 Å². The molecule has 0 bridgehead atoms. The van der Waals surface area contributed by atoms with Crippen LogP contribution in [0.15, 0.2) is 6.33 Å². The molecule has 19 heavy (non-hydrogen) atoms. The van der Waals surface area contributed by atoms with Gasteiger partial charge >= 0.3 is 5.69 Å². The van der Waals surface area contributed by atoms with E-state index in [1.807, 2.05) is 4.90 Å². The first-order valence-electron chi connectivity index (χ1n) is 6.43. The molecule has 1 aromatic heterocycles. The minimum atomic E-state index is -0.499. The van der Waals surface area contributed by atoms with Crippen molar-refractivity contribution in [1.29, 1.82) is 0 Å². The van der Waals surface area contributed by atoms with Crippen LogP contribution in [0.1, 0.15) is 27.2 Å². The average molecular weight is 265 g/mol. The number of hydrogen-bond donors (Lipinski definition) is 1. The highest BCUT2D eigenvalue weighted by Gasteiger charge is 2.34. The van der Waals surface area contributed by atoms with Gasteiger partial charge in [0.05, 0.1) is 4.92 Å². The smallest absolute Gasteiger partial charge is 0.353 e. The van der Waals surface area contributed by atoms with Gasteiger partial charge in [-0.2, -0.15) is 0 Å². The third-order valence-electron chi connectivity index (χ3n) is 3.88. The predicted octanol–water partition coefficient (Wildman–Crippen LogP) is 1.84. The van der Waals surface area contributed by atoms with Crippen molar-refractivity contribution in [3.8, 4) is 0 Å². The van der Waals surface area contributed by atoms with Gasteiger partial charge < -0.3 is 10.6 Å². The monoisotopic (exact) mass is 265 g/mol. The molecule has 1 aromatic rings. The van der Waals surface area contributed by atoms with Gasteiger partial charge in [-0.05, 0) is 25.2 Å². The molecule has 7 heteroatoms. The van der Waals surface area contributed by atoms with Crippen molar-refractivity contribution in [1.82, 2.24) is 9.97 Å². The SMILES string of the molecule is CC1CC(C)C(C)N(c2ncnc(N)c2[N+](=O)[O-])C1. The number of anilines is 2. The van der Waals surface area contributed by atoms with Gasteiger partial charge in [0.2, 0.25) is 11.6 Å². The van der Waals surface area contributed by atoms with Gasteiger partial charge in [0.15, 0.2) is 0 Å². The van der Waals surface area contributed by atoms with Crippen LogP contribution in [0.3, 0.4) is 0 Å². The molecule has 1 fully saturated rings. The number of aromatic nitrogens is 2. The molecule has 0 amide bonds. The number of nitrogens with zero attached hydrogens (tertiary/aromatic N) is 4. The molecule has 0 saturated carbocycles. The van der Waals surface area contributed by atoms with Crippen LogP contribution in [0.5, 0.6) is 0 Å². The fourth-order valence-electron chi connectivity index (χ4n) is 2.76. The Morgan fingerprint density at radius 1 is 1.42 bits per heavy atom. The first-order chi connectivity index (χ1) is 8.91. The Morgan fingerprint density at radius 3 is 2.74 bits per heavy atom. The van der Waals surface area contributed by atoms with Crippen molar-refractivity contribution < 1.29 is 4.92 Å². The van der Waals surface area contributed by atoms with E-state index in [2.05, 4.69) is 30.7 Å². The maximum Gasteiger partial charge on any atom is 0.353 e. The normalized spacial score (nSPS) is 27.3. The molecule has 3 atom stereocenters. The molecule has 7 nitrogen and oxygen atoms in total. The van der Waals surface area contributed by atoms with E-state index in [4.69, 9.17) is 5.73 Å². The fraction of sp³-hybridized carbons (Fsp3) is 0.667. The second-order valence-corrected chi connectivity index (χ2v) is 5.40. The molecule has 104 valence electrons. The number of hydrogen-bond acceptors (Lipinski definition) is 6. The van der Waals surface area contributed by atoms with E-state index >= 15 is 0 Å². The van der Waals surface area contributed by atoms with Gasteiger partial charge in [0.1, 0.15) is 6.33 Å². The number of nitrogens with two attached hydrogens (primary N) is 1. The number of nitro groups is 1. The highest BCUT2D eigenvalue weighted by Crippen LogP contribution is 2.36. The largest absolute Gasteiger partial charge is 0.378 e. The molecular weight excluding hydrogens is 246 g/mol. The lowest BCUT2D eigenvalue weighted by atomic mass is 9.86. The van der Waals surface area contributed by atoms with E-state index in [1.54, 1.807) is 0 Å². The Labute approximate surface area is 112 Å². The summed E-state index contributed by atoms with van der Waals surface area (Å²) in [5.74, 6) is 1.19. The van der Waals surface area contributed by atoms with E-state index < -0.39 is 4.92 Å². The molecule has 1 aliphatic heterocycles. The molecule has 0 radical (unpaired) electrons. The average Bonchev–Trinajstić information content (AvgIpc) is 2.33. The van der Waals surface area contributed by atoms with Crippen LogP contribution in [-0.4, -0.2) is 27.5 Å². The van der Waals surface area contributed by atoms with Crippen molar-refractivity contribution in [2.75, 3.05) is 17.2 Å². The Morgan fingerprint density at radius 2 is 2.11 bits per heavy atom. The molecule has 2 N–H and O–H groups in total. The highest BCUT2D eigenvalue weighted by atomic mass is 16.6. The predicted molar refractivity (Wildman–Crippen MR) is 72.9 cm³/mol. The maximum atomic E-state index is 11.2.